The van der Waals surface area contributed by atoms with E-state index in [1.807, 2.05) is 38.1 Å². The number of nitrogens with one attached hydrogen (secondary N) is 4. The van der Waals surface area contributed by atoms with Gasteiger partial charge in [0.15, 0.2) is 5.96 Å². The molecule has 13 heteroatoms. The Morgan fingerprint density at radius 1 is 1.18 bits per heavy atom. The Balaban J connectivity index is 1.51. The lowest BCUT2D eigenvalue weighted by molar-refractivity contribution is -0.139. The summed E-state index contributed by atoms with van der Waals surface area (Å²) < 4.78 is 5.06. The van der Waals surface area contributed by atoms with Crippen LogP contribution in [0.25, 0.3) is 0 Å². The first kappa shape index (κ1) is 30.8. The molecule has 0 saturated carbocycles. The van der Waals surface area contributed by atoms with Crippen molar-refractivity contribution in [2.24, 2.45) is 4.99 Å². The Morgan fingerprint density at radius 3 is 2.58 bits per heavy atom. The van der Waals surface area contributed by atoms with Gasteiger partial charge in [0.1, 0.15) is 6.04 Å². The van der Waals surface area contributed by atoms with E-state index in [2.05, 4.69) is 38.1 Å². The molecule has 1 saturated heterocycles. The molecule has 13 nitrogen and oxygen atoms in total. The maximum atomic E-state index is 12.9. The number of nitrogens with zero attached hydrogens (tertiary/aromatic N) is 3. The third-order valence-corrected chi connectivity index (χ3v) is 6.86. The van der Waals surface area contributed by atoms with E-state index in [0.29, 0.717) is 32.1 Å². The number of benzene rings is 1. The number of aliphatic hydroxyl groups excluding tert-OH is 1. The number of aliphatic imine (C=N–C) groups is 1. The number of carbonyl (C=O) groups excluding carboxylic acids is 2. The molecule has 6 N–H and O–H groups in total. The Kier molecular flexibility index (Phi) is 11.7. The molecule has 3 unspecified atom stereocenters. The lowest BCUT2D eigenvalue weighted by Crippen LogP contribution is -2.61. The predicted molar refractivity (Wildman–Crippen MR) is 153 cm³/mol. The summed E-state index contributed by atoms with van der Waals surface area (Å²) in [4.78, 5) is 44.8. The zero-order chi connectivity index (χ0) is 29.1. The monoisotopic (exact) mass is 561 g/mol. The van der Waals surface area contributed by atoms with Crippen molar-refractivity contribution in [3.05, 3.63) is 24.3 Å². The summed E-state index contributed by atoms with van der Waals surface area (Å²) in [7, 11) is 0. The van der Waals surface area contributed by atoms with Crippen LogP contribution in [0.5, 0.6) is 0 Å². The highest BCUT2D eigenvalue weighted by molar-refractivity contribution is 5.94. The number of alkyl carbamates (subject to hydrolysis) is 1. The molecule has 222 valence electrons. The molecule has 3 rings (SSSR count). The number of carboxylic acid groups (broad SMARTS) is 1. The largest absolute Gasteiger partial charge is 0.480 e. The molecule has 1 aromatic carbocycles. The molecule has 0 aliphatic carbocycles. The number of anilines is 2. The van der Waals surface area contributed by atoms with Crippen molar-refractivity contribution < 1.29 is 29.3 Å². The van der Waals surface area contributed by atoms with Crippen LogP contribution < -0.4 is 26.2 Å². The average molecular weight is 562 g/mol. The molecule has 0 aromatic heterocycles. The van der Waals surface area contributed by atoms with E-state index in [1.165, 1.54) is 0 Å². The van der Waals surface area contributed by atoms with Crippen molar-refractivity contribution >= 4 is 35.4 Å². The van der Waals surface area contributed by atoms with E-state index in [4.69, 9.17) is 4.74 Å². The lowest BCUT2D eigenvalue weighted by Gasteiger charge is -2.46. The summed E-state index contributed by atoms with van der Waals surface area (Å²) in [6, 6.07) is 6.20. The molecule has 3 amide bonds. The number of aliphatic hydroxyl groups is 1. The molecule has 2 heterocycles. The number of piperazine rings is 1. The summed E-state index contributed by atoms with van der Waals surface area (Å²) in [6.07, 6.45) is 2.47. The number of hydrogen-bond donors (Lipinski definition) is 6. The summed E-state index contributed by atoms with van der Waals surface area (Å²) in [6.45, 7) is 7.76. The van der Waals surface area contributed by atoms with Crippen molar-refractivity contribution in [3.63, 3.8) is 0 Å². The maximum absolute atomic E-state index is 12.9. The zero-order valence-electron chi connectivity index (χ0n) is 23.6. The number of carboxylic acids is 1. The smallest absolute Gasteiger partial charge is 0.407 e. The molecule has 40 heavy (non-hydrogen) atoms. The molecule has 2 aliphatic heterocycles. The van der Waals surface area contributed by atoms with Crippen LogP contribution in [0.4, 0.5) is 21.0 Å². The number of amides is 3. The first-order chi connectivity index (χ1) is 19.2. The zero-order valence-corrected chi connectivity index (χ0v) is 23.6. The van der Waals surface area contributed by atoms with Gasteiger partial charge in [0.2, 0.25) is 0 Å². The quantitative estimate of drug-likeness (QED) is 0.221. The SMILES string of the molecule is CCCCCCOC(=O)N[C@@H](CNC(=O)N1CC(C)N(c2cccc(NC3=NCC(O)CN3)c2)C(C)C1)C(=O)O. The number of carbonyl (C=O) groups is 3. The Bertz CT molecular complexity index is 1030. The topological polar surface area (TPSA) is 168 Å². The third kappa shape index (κ3) is 9.18. The van der Waals surface area contributed by atoms with E-state index < -0.39 is 30.2 Å². The minimum absolute atomic E-state index is 0.0128. The van der Waals surface area contributed by atoms with E-state index in [1.54, 1.807) is 4.90 Å². The number of urea groups is 1. The minimum Gasteiger partial charge on any atom is -0.480 e. The van der Waals surface area contributed by atoms with Crippen LogP contribution in [0.2, 0.25) is 0 Å². The van der Waals surface area contributed by atoms with Crippen LogP contribution in [-0.2, 0) is 9.53 Å². The van der Waals surface area contributed by atoms with E-state index in [0.717, 1.165) is 37.1 Å². The molecule has 0 radical (unpaired) electrons. The van der Waals surface area contributed by atoms with Gasteiger partial charge in [-0.1, -0.05) is 32.3 Å². The molecular formula is C27H43N7O6. The van der Waals surface area contributed by atoms with Gasteiger partial charge in [0, 0.05) is 43.1 Å². The predicted octanol–water partition coefficient (Wildman–Crippen LogP) is 1.79. The van der Waals surface area contributed by atoms with Crippen LogP contribution in [0, 0.1) is 0 Å². The van der Waals surface area contributed by atoms with Gasteiger partial charge in [-0.05, 0) is 38.5 Å². The minimum atomic E-state index is -1.30. The first-order valence-electron chi connectivity index (χ1n) is 14.0. The van der Waals surface area contributed by atoms with Gasteiger partial charge in [-0.2, -0.15) is 0 Å². The second-order valence-corrected chi connectivity index (χ2v) is 10.3. The van der Waals surface area contributed by atoms with Crippen LogP contribution >= 0.6 is 0 Å². The highest BCUT2D eigenvalue weighted by atomic mass is 16.5. The van der Waals surface area contributed by atoms with Gasteiger partial charge in [-0.25, -0.2) is 14.4 Å². The highest BCUT2D eigenvalue weighted by Crippen LogP contribution is 2.27. The lowest BCUT2D eigenvalue weighted by atomic mass is 10.1. The number of unbranched alkanes of at least 4 members (excludes halogenated alkanes) is 3. The van der Waals surface area contributed by atoms with Gasteiger partial charge in [-0.15, -0.1) is 0 Å². The van der Waals surface area contributed by atoms with E-state index in [-0.39, 0.29) is 25.2 Å². The van der Waals surface area contributed by atoms with Crippen LogP contribution in [-0.4, -0.2) is 103 Å². The first-order valence-corrected chi connectivity index (χ1v) is 14.0. The number of guanidine groups is 1. The number of β-amino-alcohol motifs (C(OH)–C–C–N with tert-alkyl or cyclic N) is 1. The standard InChI is InChI=1S/C27H43N7O6/c1-4-5-6-7-11-40-27(39)32-23(24(36)37)15-30-26(38)33-16-18(2)34(19(3)17-33)21-10-8-9-20(12-21)31-25-28-13-22(35)14-29-25/h8-10,12,18-19,22-23,35H,4-7,11,13-17H2,1-3H3,(H,30,38)(H,32,39)(H,36,37)(H2,28,29,31)/t18?,19?,23-/m0/s1. The van der Waals surface area contributed by atoms with Gasteiger partial charge in [0.05, 0.1) is 25.8 Å². The summed E-state index contributed by atoms with van der Waals surface area (Å²) in [5.41, 5.74) is 1.84. The van der Waals surface area contributed by atoms with Gasteiger partial charge in [0.25, 0.3) is 0 Å². The fraction of sp³-hybridized carbons (Fsp3) is 0.630. The Hall–Kier alpha value is -3.74. The van der Waals surface area contributed by atoms with Crippen molar-refractivity contribution in [1.82, 2.24) is 20.9 Å². The van der Waals surface area contributed by atoms with Crippen molar-refractivity contribution in [3.8, 4) is 0 Å². The second kappa shape index (κ2) is 15.2. The number of aliphatic carboxylic acids is 1. The number of rotatable bonds is 11. The van der Waals surface area contributed by atoms with Crippen molar-refractivity contribution in [1.29, 1.82) is 0 Å². The molecule has 4 atom stereocenters. The Labute approximate surface area is 235 Å². The molecule has 1 aromatic rings. The molecular weight excluding hydrogens is 518 g/mol. The van der Waals surface area contributed by atoms with E-state index in [9.17, 15) is 24.6 Å². The Morgan fingerprint density at radius 2 is 1.93 bits per heavy atom. The van der Waals surface area contributed by atoms with Crippen LogP contribution in [0.3, 0.4) is 0 Å². The van der Waals surface area contributed by atoms with Crippen molar-refractivity contribution in [2.45, 2.75) is 70.7 Å². The van der Waals surface area contributed by atoms with Crippen molar-refractivity contribution in [2.75, 3.05) is 49.5 Å². The molecule has 0 bridgehead atoms. The maximum Gasteiger partial charge on any atom is 0.407 e. The van der Waals surface area contributed by atoms with Gasteiger partial charge < -0.3 is 46.0 Å². The molecule has 1 fully saturated rings. The summed E-state index contributed by atoms with van der Waals surface area (Å²) in [5, 5.41) is 30.4. The fourth-order valence-corrected chi connectivity index (χ4v) is 4.87. The van der Waals surface area contributed by atoms with Gasteiger partial charge >= 0.3 is 18.1 Å². The summed E-state index contributed by atoms with van der Waals surface area (Å²) >= 11 is 0. The second-order valence-electron chi connectivity index (χ2n) is 10.3. The number of ether oxygens (including phenoxy) is 1. The number of hydrogen-bond acceptors (Lipinski definition) is 9. The average Bonchev–Trinajstić information content (AvgIpc) is 2.91. The van der Waals surface area contributed by atoms with Gasteiger partial charge in [-0.3, -0.25) is 4.99 Å². The third-order valence-electron chi connectivity index (χ3n) is 6.86. The molecule has 2 aliphatic rings. The normalized spacial score (nSPS) is 21.5. The van der Waals surface area contributed by atoms with E-state index >= 15 is 0 Å². The highest BCUT2D eigenvalue weighted by Gasteiger charge is 2.33. The summed E-state index contributed by atoms with van der Waals surface area (Å²) in [5.74, 6) is -0.645. The fourth-order valence-electron chi connectivity index (χ4n) is 4.87. The molecule has 0 spiro atoms. The van der Waals surface area contributed by atoms with Crippen LogP contribution in [0.1, 0.15) is 46.5 Å². The van der Waals surface area contributed by atoms with Crippen LogP contribution in [0.15, 0.2) is 29.3 Å².